The molecule has 0 amide bonds. The van der Waals surface area contributed by atoms with Crippen LogP contribution < -0.4 is 4.74 Å². The fourth-order valence-electron chi connectivity index (χ4n) is 0.969. The molecule has 0 heterocycles. The summed E-state index contributed by atoms with van der Waals surface area (Å²) < 4.78 is 5.00. The quantitative estimate of drug-likeness (QED) is 0.315. The minimum Gasteiger partial charge on any atom is -0.423 e. The Hall–Kier alpha value is -1.90. The van der Waals surface area contributed by atoms with E-state index in [0.717, 1.165) is 11.6 Å². The molecule has 0 N–H and O–H groups in total. The van der Waals surface area contributed by atoms with E-state index < -0.39 is 5.97 Å². The number of rotatable bonds is 3. The first-order chi connectivity index (χ1) is 6.77. The van der Waals surface area contributed by atoms with Crippen LogP contribution in [0.4, 0.5) is 0 Å². The second-order valence-corrected chi connectivity index (χ2v) is 2.55. The number of carbonyl (C=O) groups is 1. The van der Waals surface area contributed by atoms with Crippen molar-refractivity contribution in [2.45, 2.75) is 0 Å². The number of carbonyl (C=O) groups excluding carboxylic acids is 1. The van der Waals surface area contributed by atoms with E-state index in [9.17, 15) is 4.79 Å². The lowest BCUT2D eigenvalue weighted by Gasteiger charge is -2.03. The molecule has 0 atom stereocenters. The van der Waals surface area contributed by atoms with Gasteiger partial charge in [-0.15, -0.1) is 0 Å². The van der Waals surface area contributed by atoms with Gasteiger partial charge in [0, 0.05) is 24.9 Å². The lowest BCUT2D eigenvalue weighted by molar-refractivity contribution is -0.128. The van der Waals surface area contributed by atoms with Crippen molar-refractivity contribution < 1.29 is 9.53 Å². The van der Waals surface area contributed by atoms with E-state index in [-0.39, 0.29) is 0 Å². The molecule has 14 heavy (non-hydrogen) atoms. The minimum absolute atomic E-state index is 0.470. The zero-order chi connectivity index (χ0) is 10.4. The van der Waals surface area contributed by atoms with Gasteiger partial charge in [-0.3, -0.25) is 4.99 Å². The average molecular weight is 189 g/mol. The Bertz CT molecular complexity index is 369. The van der Waals surface area contributed by atoms with E-state index in [1.54, 1.807) is 25.4 Å². The van der Waals surface area contributed by atoms with Crippen LogP contribution in [0.25, 0.3) is 0 Å². The summed E-state index contributed by atoms with van der Waals surface area (Å²) in [6.45, 7) is 3.32. The lowest BCUT2D eigenvalue weighted by atomic mass is 10.2. The maximum absolute atomic E-state index is 11.0. The van der Waals surface area contributed by atoms with Crippen molar-refractivity contribution in [2.24, 2.45) is 4.99 Å². The Morgan fingerprint density at radius 2 is 2.21 bits per heavy atom. The van der Waals surface area contributed by atoms with Crippen molar-refractivity contribution in [3.63, 3.8) is 0 Å². The molecule has 1 rings (SSSR count). The van der Waals surface area contributed by atoms with Gasteiger partial charge < -0.3 is 4.74 Å². The van der Waals surface area contributed by atoms with Crippen molar-refractivity contribution in [1.82, 2.24) is 0 Å². The molecule has 0 saturated heterocycles. The normalized spacial score (nSPS) is 10.1. The largest absolute Gasteiger partial charge is 0.423 e. The molecule has 0 aliphatic heterocycles. The van der Waals surface area contributed by atoms with E-state index >= 15 is 0 Å². The van der Waals surface area contributed by atoms with Gasteiger partial charge in [-0.2, -0.15) is 0 Å². The molecule has 0 bridgehead atoms. The van der Waals surface area contributed by atoms with Crippen molar-refractivity contribution in [2.75, 3.05) is 7.05 Å². The number of esters is 1. The zero-order valence-corrected chi connectivity index (χ0v) is 7.93. The predicted molar refractivity (Wildman–Crippen MR) is 55.8 cm³/mol. The number of ether oxygens (including phenoxy) is 1. The molecule has 0 aliphatic rings. The highest BCUT2D eigenvalue weighted by Crippen LogP contribution is 2.15. The summed E-state index contributed by atoms with van der Waals surface area (Å²) in [5, 5.41) is 0. The van der Waals surface area contributed by atoms with E-state index in [0.29, 0.717) is 5.75 Å². The minimum atomic E-state index is -0.470. The fraction of sp³-hybridized carbons (Fsp3) is 0.0909. The first-order valence-corrected chi connectivity index (χ1v) is 4.13. The maximum atomic E-state index is 11.0. The summed E-state index contributed by atoms with van der Waals surface area (Å²) in [5.74, 6) is 0.0185. The zero-order valence-electron chi connectivity index (χ0n) is 7.93. The molecule has 0 aliphatic carbocycles. The van der Waals surface area contributed by atoms with Gasteiger partial charge in [0.2, 0.25) is 0 Å². The topological polar surface area (TPSA) is 38.7 Å². The fourth-order valence-corrected chi connectivity index (χ4v) is 0.969. The molecule has 0 unspecified atom stereocenters. The Labute approximate surface area is 82.7 Å². The third-order valence-electron chi connectivity index (χ3n) is 1.56. The molecule has 0 aromatic heterocycles. The van der Waals surface area contributed by atoms with Gasteiger partial charge in [0.15, 0.2) is 0 Å². The molecular weight excluding hydrogens is 178 g/mol. The van der Waals surface area contributed by atoms with Crippen LogP contribution >= 0.6 is 0 Å². The maximum Gasteiger partial charge on any atom is 0.335 e. The molecule has 0 spiro atoms. The molecule has 1 aromatic carbocycles. The molecular formula is C11H11NO2. The summed E-state index contributed by atoms with van der Waals surface area (Å²) >= 11 is 0. The number of hydrogen-bond donors (Lipinski definition) is 0. The standard InChI is InChI=1S/C11H11NO2/c1-3-11(13)14-10-7-5-4-6-9(10)8-12-2/h3-8H,1H2,2H3. The summed E-state index contributed by atoms with van der Waals surface area (Å²) in [6.07, 6.45) is 2.76. The van der Waals surface area contributed by atoms with Gasteiger partial charge >= 0.3 is 5.97 Å². The molecule has 0 radical (unpaired) electrons. The number of aliphatic imine (C=N–C) groups is 1. The van der Waals surface area contributed by atoms with Gasteiger partial charge in [0.1, 0.15) is 5.75 Å². The molecule has 3 heteroatoms. The smallest absolute Gasteiger partial charge is 0.335 e. The Kier molecular flexibility index (Phi) is 3.61. The van der Waals surface area contributed by atoms with E-state index in [4.69, 9.17) is 4.74 Å². The van der Waals surface area contributed by atoms with Crippen molar-refractivity contribution in [3.05, 3.63) is 42.5 Å². The summed E-state index contributed by atoms with van der Waals surface area (Å²) in [5.41, 5.74) is 0.769. The van der Waals surface area contributed by atoms with Crippen LogP contribution in [0.1, 0.15) is 5.56 Å². The van der Waals surface area contributed by atoms with Crippen LogP contribution in [-0.2, 0) is 4.79 Å². The summed E-state index contributed by atoms with van der Waals surface area (Å²) in [6, 6.07) is 7.16. The summed E-state index contributed by atoms with van der Waals surface area (Å²) in [4.78, 5) is 14.8. The number of nitrogens with zero attached hydrogens (tertiary/aromatic N) is 1. The predicted octanol–water partition coefficient (Wildman–Crippen LogP) is 1.83. The first kappa shape index (κ1) is 10.2. The van der Waals surface area contributed by atoms with Crippen LogP contribution in [0, 0.1) is 0 Å². The van der Waals surface area contributed by atoms with E-state index in [2.05, 4.69) is 11.6 Å². The Morgan fingerprint density at radius 3 is 2.86 bits per heavy atom. The average Bonchev–Trinajstić information content (AvgIpc) is 2.21. The highest BCUT2D eigenvalue weighted by molar-refractivity contribution is 5.88. The second-order valence-electron chi connectivity index (χ2n) is 2.55. The van der Waals surface area contributed by atoms with Crippen LogP contribution in [-0.4, -0.2) is 19.2 Å². The Morgan fingerprint density at radius 1 is 1.50 bits per heavy atom. The molecule has 1 aromatic rings. The first-order valence-electron chi connectivity index (χ1n) is 4.13. The van der Waals surface area contributed by atoms with Crippen molar-refractivity contribution in [3.8, 4) is 5.75 Å². The van der Waals surface area contributed by atoms with Crippen molar-refractivity contribution >= 4 is 12.2 Å². The highest BCUT2D eigenvalue weighted by atomic mass is 16.5. The van der Waals surface area contributed by atoms with Gasteiger partial charge in [0.05, 0.1) is 0 Å². The summed E-state index contributed by atoms with van der Waals surface area (Å²) in [7, 11) is 1.66. The Balaban J connectivity index is 2.95. The molecule has 0 fully saturated rings. The van der Waals surface area contributed by atoms with Crippen LogP contribution in [0.5, 0.6) is 5.75 Å². The third-order valence-corrected chi connectivity index (χ3v) is 1.56. The van der Waals surface area contributed by atoms with Crippen molar-refractivity contribution in [1.29, 1.82) is 0 Å². The van der Waals surface area contributed by atoms with E-state index in [1.165, 1.54) is 0 Å². The van der Waals surface area contributed by atoms with Gasteiger partial charge in [-0.1, -0.05) is 18.7 Å². The van der Waals surface area contributed by atoms with Crippen LogP contribution in [0.15, 0.2) is 41.9 Å². The number of benzene rings is 1. The van der Waals surface area contributed by atoms with Gasteiger partial charge in [-0.25, -0.2) is 4.79 Å². The molecule has 3 nitrogen and oxygen atoms in total. The van der Waals surface area contributed by atoms with Crippen LogP contribution in [0.2, 0.25) is 0 Å². The molecule has 72 valence electrons. The number of para-hydroxylation sites is 1. The highest BCUT2D eigenvalue weighted by Gasteiger charge is 2.03. The van der Waals surface area contributed by atoms with Gasteiger partial charge in [0.25, 0.3) is 0 Å². The molecule has 0 saturated carbocycles. The number of hydrogen-bond acceptors (Lipinski definition) is 3. The SMILES string of the molecule is C=CC(=O)Oc1ccccc1C=NC. The second kappa shape index (κ2) is 4.97. The lowest BCUT2D eigenvalue weighted by Crippen LogP contribution is -2.04. The van der Waals surface area contributed by atoms with Gasteiger partial charge in [-0.05, 0) is 12.1 Å². The monoisotopic (exact) mass is 189 g/mol. The third kappa shape index (κ3) is 2.55. The van der Waals surface area contributed by atoms with E-state index in [1.807, 2.05) is 12.1 Å². The van der Waals surface area contributed by atoms with Crippen LogP contribution in [0.3, 0.4) is 0 Å².